The quantitative estimate of drug-likeness (QED) is 0.330. The van der Waals surface area contributed by atoms with Crippen molar-refractivity contribution >= 4 is 23.3 Å². The molecule has 0 saturated carbocycles. The molecule has 0 aliphatic heterocycles. The van der Waals surface area contributed by atoms with Gasteiger partial charge in [0.2, 0.25) is 11.7 Å². The number of esters is 1. The fraction of sp³-hybridized carbons (Fsp3) is 0.115. The van der Waals surface area contributed by atoms with Crippen LogP contribution in [0, 0.1) is 0 Å². The molecule has 1 aromatic heterocycles. The molecule has 1 atom stereocenters. The predicted octanol–water partition coefficient (Wildman–Crippen LogP) is 4.32. The van der Waals surface area contributed by atoms with Crippen molar-refractivity contribution in [3.63, 3.8) is 0 Å². The second-order valence-corrected chi connectivity index (χ2v) is 7.54. The maximum atomic E-state index is 12.8. The molecule has 0 saturated heterocycles. The number of hydrogen-bond acceptors (Lipinski definition) is 6. The third-order valence-electron chi connectivity index (χ3n) is 4.97. The van der Waals surface area contributed by atoms with Crippen LogP contribution in [0.4, 0.5) is 5.69 Å². The normalized spacial score (nSPS) is 11.5. The van der Waals surface area contributed by atoms with Gasteiger partial charge in [0.25, 0.3) is 5.82 Å². The van der Waals surface area contributed by atoms with Gasteiger partial charge in [-0.05, 0) is 43.3 Å². The van der Waals surface area contributed by atoms with E-state index < -0.39 is 12.1 Å². The lowest BCUT2D eigenvalue weighted by Crippen LogP contribution is -2.25. The second-order valence-electron chi connectivity index (χ2n) is 7.54. The standard InChI is InChI=1S/C26H22N4O4/c1-17(23(32)19-13-15-21(16-14-19)27-18(2)31)34-26(33)24-28-25(20-9-5-3-6-10-20)30(29-24)22-11-7-4-8-12-22/h3-17H,1-2H3,(H,27,31). The van der Waals surface area contributed by atoms with Gasteiger partial charge < -0.3 is 10.1 Å². The molecular formula is C26H22N4O4. The molecule has 8 nitrogen and oxygen atoms in total. The first-order valence-corrected chi connectivity index (χ1v) is 10.6. The number of aromatic nitrogens is 3. The molecule has 4 rings (SSSR count). The summed E-state index contributed by atoms with van der Waals surface area (Å²) in [5, 5.41) is 6.99. The summed E-state index contributed by atoms with van der Waals surface area (Å²) in [5.41, 5.74) is 2.43. The summed E-state index contributed by atoms with van der Waals surface area (Å²) in [5.74, 6) is -1.07. The van der Waals surface area contributed by atoms with Gasteiger partial charge in [0.1, 0.15) is 0 Å². The van der Waals surface area contributed by atoms with Crippen LogP contribution < -0.4 is 5.32 Å². The van der Waals surface area contributed by atoms with Crippen LogP contribution >= 0.6 is 0 Å². The van der Waals surface area contributed by atoms with Gasteiger partial charge in [-0.1, -0.05) is 48.5 Å². The number of rotatable bonds is 7. The fourth-order valence-corrected chi connectivity index (χ4v) is 3.34. The predicted molar refractivity (Wildman–Crippen MR) is 127 cm³/mol. The lowest BCUT2D eigenvalue weighted by molar-refractivity contribution is -0.114. The van der Waals surface area contributed by atoms with E-state index in [0.29, 0.717) is 17.1 Å². The Balaban J connectivity index is 1.55. The van der Waals surface area contributed by atoms with Crippen LogP contribution in [0.25, 0.3) is 17.1 Å². The van der Waals surface area contributed by atoms with Crippen molar-refractivity contribution in [2.45, 2.75) is 20.0 Å². The molecule has 1 N–H and O–H groups in total. The number of amides is 1. The fourth-order valence-electron chi connectivity index (χ4n) is 3.34. The number of nitrogens with zero attached hydrogens (tertiary/aromatic N) is 3. The summed E-state index contributed by atoms with van der Waals surface area (Å²) >= 11 is 0. The van der Waals surface area contributed by atoms with Gasteiger partial charge in [-0.15, -0.1) is 5.10 Å². The highest BCUT2D eigenvalue weighted by Crippen LogP contribution is 2.21. The number of ketones is 1. The summed E-state index contributed by atoms with van der Waals surface area (Å²) in [4.78, 5) is 41.1. The van der Waals surface area contributed by atoms with Crippen LogP contribution in [0.2, 0.25) is 0 Å². The number of para-hydroxylation sites is 1. The first kappa shape index (κ1) is 22.6. The Morgan fingerprint density at radius 3 is 2.12 bits per heavy atom. The zero-order valence-electron chi connectivity index (χ0n) is 18.6. The number of hydrogen-bond donors (Lipinski definition) is 1. The number of Topliss-reactive ketones (excluding diaryl/α,β-unsaturated/α-hetero) is 1. The largest absolute Gasteiger partial charge is 0.448 e. The van der Waals surface area contributed by atoms with Crippen LogP contribution in [-0.2, 0) is 9.53 Å². The Kier molecular flexibility index (Phi) is 6.59. The number of nitrogens with one attached hydrogen (secondary N) is 1. The van der Waals surface area contributed by atoms with E-state index in [2.05, 4.69) is 15.4 Å². The van der Waals surface area contributed by atoms with Crippen molar-refractivity contribution in [3.05, 3.63) is 96.3 Å². The van der Waals surface area contributed by atoms with E-state index in [9.17, 15) is 14.4 Å². The second kappa shape index (κ2) is 9.91. The monoisotopic (exact) mass is 454 g/mol. The minimum absolute atomic E-state index is 0.150. The molecular weight excluding hydrogens is 432 g/mol. The van der Waals surface area contributed by atoms with Crippen LogP contribution in [0.1, 0.15) is 34.8 Å². The van der Waals surface area contributed by atoms with Gasteiger partial charge in [-0.2, -0.15) is 0 Å². The molecule has 1 amide bonds. The molecule has 0 bridgehead atoms. The Morgan fingerprint density at radius 1 is 0.882 bits per heavy atom. The van der Waals surface area contributed by atoms with E-state index in [1.807, 2.05) is 60.7 Å². The van der Waals surface area contributed by atoms with Gasteiger partial charge in [-0.25, -0.2) is 14.5 Å². The SMILES string of the molecule is CC(=O)Nc1ccc(C(=O)C(C)OC(=O)c2nc(-c3ccccc3)n(-c3ccccc3)n2)cc1. The highest BCUT2D eigenvalue weighted by Gasteiger charge is 2.25. The summed E-state index contributed by atoms with van der Waals surface area (Å²) in [6.07, 6.45) is -1.05. The first-order chi connectivity index (χ1) is 16.4. The molecule has 0 radical (unpaired) electrons. The topological polar surface area (TPSA) is 103 Å². The zero-order valence-corrected chi connectivity index (χ0v) is 18.6. The minimum Gasteiger partial charge on any atom is -0.448 e. The molecule has 8 heteroatoms. The lowest BCUT2D eigenvalue weighted by atomic mass is 10.1. The Labute approximate surface area is 196 Å². The molecule has 0 fully saturated rings. The third kappa shape index (κ3) is 5.07. The summed E-state index contributed by atoms with van der Waals surface area (Å²) in [6.45, 7) is 2.89. The highest BCUT2D eigenvalue weighted by atomic mass is 16.5. The highest BCUT2D eigenvalue weighted by molar-refractivity contribution is 6.01. The third-order valence-corrected chi connectivity index (χ3v) is 4.97. The van der Waals surface area contributed by atoms with Crippen LogP contribution in [0.15, 0.2) is 84.9 Å². The van der Waals surface area contributed by atoms with E-state index in [-0.39, 0.29) is 17.5 Å². The Morgan fingerprint density at radius 2 is 1.50 bits per heavy atom. The smallest absolute Gasteiger partial charge is 0.378 e. The Hall–Kier alpha value is -4.59. The van der Waals surface area contributed by atoms with Gasteiger partial charge in [0.15, 0.2) is 11.9 Å². The van der Waals surface area contributed by atoms with Crippen LogP contribution in [0.3, 0.4) is 0 Å². The molecule has 3 aromatic carbocycles. The Bertz CT molecular complexity index is 1260. The van der Waals surface area contributed by atoms with Crippen LogP contribution in [-0.4, -0.2) is 38.5 Å². The first-order valence-electron chi connectivity index (χ1n) is 10.6. The summed E-state index contributed by atoms with van der Waals surface area (Å²) in [6, 6.07) is 25.0. The minimum atomic E-state index is -1.05. The molecule has 1 heterocycles. The van der Waals surface area contributed by atoms with Crippen molar-refractivity contribution in [1.29, 1.82) is 0 Å². The van der Waals surface area contributed by atoms with Gasteiger partial charge in [0, 0.05) is 23.7 Å². The molecule has 0 aliphatic rings. The van der Waals surface area contributed by atoms with E-state index in [4.69, 9.17) is 4.74 Å². The van der Waals surface area contributed by atoms with Crippen molar-refractivity contribution in [3.8, 4) is 17.1 Å². The molecule has 1 unspecified atom stereocenters. The van der Waals surface area contributed by atoms with E-state index in [0.717, 1.165) is 11.3 Å². The van der Waals surface area contributed by atoms with Crippen molar-refractivity contribution in [2.75, 3.05) is 5.32 Å². The number of benzene rings is 3. The lowest BCUT2D eigenvalue weighted by Gasteiger charge is -2.11. The van der Waals surface area contributed by atoms with Crippen molar-refractivity contribution in [1.82, 2.24) is 14.8 Å². The molecule has 0 aliphatic carbocycles. The van der Waals surface area contributed by atoms with E-state index >= 15 is 0 Å². The van der Waals surface area contributed by atoms with Gasteiger partial charge in [-0.3, -0.25) is 9.59 Å². The number of ether oxygens (including phenoxy) is 1. The molecule has 170 valence electrons. The zero-order chi connectivity index (χ0) is 24.1. The summed E-state index contributed by atoms with van der Waals surface area (Å²) in [7, 11) is 0. The molecule has 34 heavy (non-hydrogen) atoms. The average Bonchev–Trinajstić information content (AvgIpc) is 3.30. The van der Waals surface area contributed by atoms with Gasteiger partial charge >= 0.3 is 5.97 Å². The van der Waals surface area contributed by atoms with Crippen molar-refractivity contribution < 1.29 is 19.1 Å². The number of carbonyl (C=O) groups excluding carboxylic acids is 3. The molecule has 4 aromatic rings. The molecule has 0 spiro atoms. The van der Waals surface area contributed by atoms with E-state index in [1.165, 1.54) is 13.8 Å². The maximum absolute atomic E-state index is 12.8. The number of anilines is 1. The average molecular weight is 454 g/mol. The van der Waals surface area contributed by atoms with Crippen LogP contribution in [0.5, 0.6) is 0 Å². The maximum Gasteiger partial charge on any atom is 0.378 e. The number of carbonyl (C=O) groups is 3. The van der Waals surface area contributed by atoms with E-state index in [1.54, 1.807) is 28.9 Å². The summed E-state index contributed by atoms with van der Waals surface area (Å²) < 4.78 is 6.96. The van der Waals surface area contributed by atoms with Crippen molar-refractivity contribution in [2.24, 2.45) is 0 Å². The van der Waals surface area contributed by atoms with Gasteiger partial charge in [0.05, 0.1) is 5.69 Å².